The van der Waals surface area contributed by atoms with Crippen LogP contribution in [0, 0.1) is 0 Å². The number of anilines is 1. The van der Waals surface area contributed by atoms with Crippen LogP contribution >= 0.6 is 11.8 Å². The minimum atomic E-state index is -0.239. The third-order valence-electron chi connectivity index (χ3n) is 5.42. The quantitative estimate of drug-likeness (QED) is 0.815. The van der Waals surface area contributed by atoms with E-state index in [2.05, 4.69) is 46.1 Å². The lowest BCUT2D eigenvalue weighted by molar-refractivity contribution is -0.00925. The maximum atomic E-state index is 12.5. The van der Waals surface area contributed by atoms with Gasteiger partial charge in [-0.25, -0.2) is 4.68 Å². The topological polar surface area (TPSA) is 88.1 Å². The first-order valence-electron chi connectivity index (χ1n) is 9.52. The lowest BCUT2D eigenvalue weighted by Gasteiger charge is -2.43. The first-order chi connectivity index (χ1) is 12.9. The standard InChI is InChI=1S/C18H28N6O2S/c1-17(2,3)24-14-13(10-20-24)15(25)22-16(21-14)19-11-18(4-9-27-12-18)23-5-7-26-8-6-23/h10H,4-9,11-12H2,1-3H3,(H2,19,21,22,25). The Kier molecular flexibility index (Phi) is 4.94. The van der Waals surface area contributed by atoms with Gasteiger partial charge in [-0.1, -0.05) is 0 Å². The van der Waals surface area contributed by atoms with E-state index in [1.165, 1.54) is 5.75 Å². The van der Waals surface area contributed by atoms with E-state index in [0.29, 0.717) is 17.0 Å². The average molecular weight is 393 g/mol. The zero-order valence-electron chi connectivity index (χ0n) is 16.2. The van der Waals surface area contributed by atoms with Crippen LogP contribution in [0.5, 0.6) is 0 Å². The van der Waals surface area contributed by atoms with E-state index in [-0.39, 0.29) is 16.6 Å². The van der Waals surface area contributed by atoms with Crippen molar-refractivity contribution in [3.05, 3.63) is 16.6 Å². The molecular weight excluding hydrogens is 364 g/mol. The molecule has 2 aliphatic rings. The summed E-state index contributed by atoms with van der Waals surface area (Å²) in [6, 6.07) is 0. The Morgan fingerprint density at radius 1 is 1.37 bits per heavy atom. The summed E-state index contributed by atoms with van der Waals surface area (Å²) in [4.78, 5) is 22.6. The van der Waals surface area contributed by atoms with E-state index in [9.17, 15) is 4.79 Å². The van der Waals surface area contributed by atoms with Crippen LogP contribution in [0.15, 0.2) is 11.0 Å². The number of ether oxygens (including phenoxy) is 1. The number of nitrogens with zero attached hydrogens (tertiary/aromatic N) is 4. The number of rotatable bonds is 4. The van der Waals surface area contributed by atoms with Gasteiger partial charge < -0.3 is 10.1 Å². The summed E-state index contributed by atoms with van der Waals surface area (Å²) in [6.45, 7) is 10.4. The molecule has 0 bridgehead atoms. The highest BCUT2D eigenvalue weighted by Gasteiger charge is 2.40. The highest BCUT2D eigenvalue weighted by atomic mass is 32.2. The molecule has 1 atom stereocenters. The van der Waals surface area contributed by atoms with Gasteiger partial charge in [-0.3, -0.25) is 14.7 Å². The average Bonchev–Trinajstić information content (AvgIpc) is 3.28. The van der Waals surface area contributed by atoms with Crippen molar-refractivity contribution < 1.29 is 4.74 Å². The van der Waals surface area contributed by atoms with Crippen LogP contribution in [0.2, 0.25) is 0 Å². The van der Waals surface area contributed by atoms with E-state index in [0.717, 1.165) is 45.0 Å². The number of aromatic amines is 1. The molecule has 0 saturated carbocycles. The van der Waals surface area contributed by atoms with Gasteiger partial charge in [0.2, 0.25) is 5.95 Å². The van der Waals surface area contributed by atoms with E-state index in [4.69, 9.17) is 4.74 Å². The summed E-state index contributed by atoms with van der Waals surface area (Å²) >= 11 is 1.99. The molecule has 2 aliphatic heterocycles. The smallest absolute Gasteiger partial charge is 0.263 e. The molecule has 8 nitrogen and oxygen atoms in total. The Balaban J connectivity index is 1.60. The van der Waals surface area contributed by atoms with Gasteiger partial charge in [0.05, 0.1) is 24.9 Å². The van der Waals surface area contributed by atoms with E-state index in [1.54, 1.807) is 6.20 Å². The highest BCUT2D eigenvalue weighted by Crippen LogP contribution is 2.34. The lowest BCUT2D eigenvalue weighted by Crippen LogP contribution is -2.57. The van der Waals surface area contributed by atoms with Crippen molar-refractivity contribution in [3.8, 4) is 0 Å². The van der Waals surface area contributed by atoms with Crippen molar-refractivity contribution in [2.45, 2.75) is 38.3 Å². The van der Waals surface area contributed by atoms with Crippen LogP contribution < -0.4 is 10.9 Å². The maximum absolute atomic E-state index is 12.5. The largest absolute Gasteiger partial charge is 0.379 e. The van der Waals surface area contributed by atoms with Crippen LogP contribution in [0.3, 0.4) is 0 Å². The van der Waals surface area contributed by atoms with Crippen LogP contribution in [-0.4, -0.2) is 74.5 Å². The minimum Gasteiger partial charge on any atom is -0.379 e. The van der Waals surface area contributed by atoms with Gasteiger partial charge in [0, 0.05) is 30.9 Å². The monoisotopic (exact) mass is 392 g/mol. The number of hydrogen-bond acceptors (Lipinski definition) is 7. The van der Waals surface area contributed by atoms with Crippen molar-refractivity contribution in [1.29, 1.82) is 0 Å². The first-order valence-corrected chi connectivity index (χ1v) is 10.7. The molecule has 9 heteroatoms. The predicted molar refractivity (Wildman–Crippen MR) is 109 cm³/mol. The van der Waals surface area contributed by atoms with E-state index in [1.807, 2.05) is 16.4 Å². The van der Waals surface area contributed by atoms with E-state index < -0.39 is 0 Å². The summed E-state index contributed by atoms with van der Waals surface area (Å²) in [6.07, 6.45) is 2.73. The highest BCUT2D eigenvalue weighted by molar-refractivity contribution is 7.99. The second-order valence-electron chi connectivity index (χ2n) is 8.36. The molecule has 1 unspecified atom stereocenters. The van der Waals surface area contributed by atoms with Gasteiger partial charge in [-0.15, -0.1) is 0 Å². The molecule has 2 N–H and O–H groups in total. The fraction of sp³-hybridized carbons (Fsp3) is 0.722. The summed E-state index contributed by atoms with van der Waals surface area (Å²) in [5.74, 6) is 2.77. The Hall–Kier alpha value is -1.58. The summed E-state index contributed by atoms with van der Waals surface area (Å²) < 4.78 is 7.34. The Bertz CT molecular complexity index is 859. The number of H-pyrrole nitrogens is 1. The van der Waals surface area contributed by atoms with Crippen molar-refractivity contribution in [1.82, 2.24) is 24.6 Å². The maximum Gasteiger partial charge on any atom is 0.263 e. The first kappa shape index (κ1) is 18.8. The van der Waals surface area contributed by atoms with Gasteiger partial charge in [0.15, 0.2) is 5.65 Å². The number of thioether (sulfide) groups is 1. The Labute approximate surface area is 163 Å². The Morgan fingerprint density at radius 2 is 2.15 bits per heavy atom. The molecule has 148 valence electrons. The molecule has 0 aromatic carbocycles. The van der Waals surface area contributed by atoms with Crippen molar-refractivity contribution in [3.63, 3.8) is 0 Å². The summed E-state index contributed by atoms with van der Waals surface area (Å²) in [7, 11) is 0. The number of morpholine rings is 1. The zero-order chi connectivity index (χ0) is 19.1. The second-order valence-corrected chi connectivity index (χ2v) is 9.46. The third-order valence-corrected chi connectivity index (χ3v) is 6.66. The van der Waals surface area contributed by atoms with Gasteiger partial charge >= 0.3 is 0 Å². The predicted octanol–water partition coefficient (Wildman–Crippen LogP) is 1.49. The van der Waals surface area contributed by atoms with Gasteiger partial charge in [-0.05, 0) is 32.9 Å². The third kappa shape index (κ3) is 3.60. The molecule has 0 amide bonds. The number of nitrogens with one attached hydrogen (secondary N) is 2. The van der Waals surface area contributed by atoms with E-state index >= 15 is 0 Å². The minimum absolute atomic E-state index is 0.0895. The molecule has 27 heavy (non-hydrogen) atoms. The lowest BCUT2D eigenvalue weighted by atomic mass is 9.95. The van der Waals surface area contributed by atoms with Crippen LogP contribution in [0.4, 0.5) is 5.95 Å². The van der Waals surface area contributed by atoms with Crippen molar-refractivity contribution in [2.24, 2.45) is 0 Å². The number of fused-ring (bicyclic) bond motifs is 1. The second kappa shape index (κ2) is 7.10. The van der Waals surface area contributed by atoms with Crippen LogP contribution in [0.25, 0.3) is 11.0 Å². The molecule has 2 fully saturated rings. The molecule has 2 aromatic heterocycles. The molecule has 0 spiro atoms. The van der Waals surface area contributed by atoms with Crippen molar-refractivity contribution >= 4 is 28.7 Å². The Morgan fingerprint density at radius 3 is 2.81 bits per heavy atom. The van der Waals surface area contributed by atoms with Crippen molar-refractivity contribution in [2.75, 3.05) is 49.7 Å². The summed E-state index contributed by atoms with van der Waals surface area (Å²) in [5.41, 5.74) is 0.317. The number of hydrogen-bond donors (Lipinski definition) is 2. The molecule has 2 saturated heterocycles. The molecule has 4 heterocycles. The van der Waals surface area contributed by atoms with Gasteiger partial charge in [0.25, 0.3) is 5.56 Å². The molecule has 0 aliphatic carbocycles. The SMILES string of the molecule is CC(C)(C)n1ncc2c(=O)[nH]c(NCC3(N4CCOCC4)CCSC3)nc21. The fourth-order valence-corrected chi connectivity index (χ4v) is 5.35. The normalized spacial score (nSPS) is 24.6. The molecule has 4 rings (SSSR count). The molecule has 0 radical (unpaired) electrons. The zero-order valence-corrected chi connectivity index (χ0v) is 17.1. The summed E-state index contributed by atoms with van der Waals surface area (Å²) in [5, 5.41) is 8.32. The molecule has 2 aromatic rings. The van der Waals surface area contributed by atoms with Crippen LogP contribution in [-0.2, 0) is 10.3 Å². The van der Waals surface area contributed by atoms with Gasteiger partial charge in [0.1, 0.15) is 5.39 Å². The fourth-order valence-electron chi connectivity index (χ4n) is 3.88. The van der Waals surface area contributed by atoms with Gasteiger partial charge in [-0.2, -0.15) is 21.8 Å². The number of aromatic nitrogens is 4. The van der Waals surface area contributed by atoms with Crippen LogP contribution in [0.1, 0.15) is 27.2 Å². The molecular formula is C18H28N6O2S.